The molecule has 0 unspecified atom stereocenters. The molecule has 0 radical (unpaired) electrons. The highest BCUT2D eigenvalue weighted by Gasteiger charge is 2.10. The molecule has 5 heteroatoms. The number of aryl methyl sites for hydroxylation is 1. The summed E-state index contributed by atoms with van der Waals surface area (Å²) in [6.07, 6.45) is 2.24. The van der Waals surface area contributed by atoms with E-state index in [2.05, 4.69) is 11.6 Å². The van der Waals surface area contributed by atoms with Crippen molar-refractivity contribution in [1.29, 1.82) is 0 Å². The Morgan fingerprint density at radius 3 is 2.44 bits per heavy atom. The normalized spacial score (nSPS) is 11.7. The third kappa shape index (κ3) is 5.38. The van der Waals surface area contributed by atoms with Gasteiger partial charge < -0.3 is 0 Å². The molecule has 1 N–H and O–H groups in total. The fourth-order valence-electron chi connectivity index (χ4n) is 1.72. The number of sulfonamides is 1. The summed E-state index contributed by atoms with van der Waals surface area (Å²) in [5, 5.41) is 0. The summed E-state index contributed by atoms with van der Waals surface area (Å²) >= 11 is 5.53. The van der Waals surface area contributed by atoms with Crippen LogP contribution in [0.15, 0.2) is 24.3 Å². The molecule has 18 heavy (non-hydrogen) atoms. The van der Waals surface area contributed by atoms with Crippen molar-refractivity contribution in [3.05, 3.63) is 35.4 Å². The lowest BCUT2D eigenvalue weighted by molar-refractivity contribution is 0.578. The number of hydrogen-bond acceptors (Lipinski definition) is 2. The van der Waals surface area contributed by atoms with E-state index in [0.717, 1.165) is 18.4 Å². The van der Waals surface area contributed by atoms with Crippen molar-refractivity contribution in [2.24, 2.45) is 0 Å². The zero-order chi connectivity index (χ0) is 13.4. The summed E-state index contributed by atoms with van der Waals surface area (Å²) in [4.78, 5) is 0. The maximum atomic E-state index is 11.7. The standard InChI is InChI=1S/C13H20ClNO2S/c1-2-12-7-3-4-8-13(12)11-15-18(16,17)10-6-5-9-14/h3-4,7-8,15H,2,5-6,9-11H2,1H3. The van der Waals surface area contributed by atoms with Gasteiger partial charge in [0.2, 0.25) is 10.0 Å². The number of nitrogens with one attached hydrogen (secondary N) is 1. The van der Waals surface area contributed by atoms with Crippen LogP contribution in [0, 0.1) is 0 Å². The lowest BCUT2D eigenvalue weighted by Crippen LogP contribution is -2.26. The van der Waals surface area contributed by atoms with Gasteiger partial charge in [0, 0.05) is 12.4 Å². The number of benzene rings is 1. The highest BCUT2D eigenvalue weighted by Crippen LogP contribution is 2.09. The van der Waals surface area contributed by atoms with Crippen molar-refractivity contribution in [1.82, 2.24) is 4.72 Å². The minimum atomic E-state index is -3.19. The second kappa shape index (κ2) is 7.77. The van der Waals surface area contributed by atoms with Crippen LogP contribution in [0.5, 0.6) is 0 Å². The lowest BCUT2D eigenvalue weighted by atomic mass is 10.1. The molecule has 1 rings (SSSR count). The predicted octanol–water partition coefficient (Wildman–Crippen LogP) is 2.69. The summed E-state index contributed by atoms with van der Waals surface area (Å²) in [6.45, 7) is 2.43. The average Bonchev–Trinajstić information content (AvgIpc) is 2.37. The smallest absolute Gasteiger partial charge is 0.211 e. The Labute approximate surface area is 115 Å². The van der Waals surface area contributed by atoms with Crippen LogP contribution in [0.4, 0.5) is 0 Å². The molecule has 0 saturated carbocycles. The SMILES string of the molecule is CCc1ccccc1CNS(=O)(=O)CCCCCl. The van der Waals surface area contributed by atoms with Crippen LogP contribution in [0.1, 0.15) is 30.9 Å². The molecule has 1 aromatic rings. The Hall–Kier alpha value is -0.580. The summed E-state index contributed by atoms with van der Waals surface area (Å²) < 4.78 is 26.1. The summed E-state index contributed by atoms with van der Waals surface area (Å²) in [5.74, 6) is 0.655. The third-order valence-corrected chi connectivity index (χ3v) is 4.46. The van der Waals surface area contributed by atoms with Crippen molar-refractivity contribution in [2.45, 2.75) is 32.7 Å². The van der Waals surface area contributed by atoms with Crippen LogP contribution in [0.25, 0.3) is 0 Å². The number of rotatable bonds is 8. The van der Waals surface area contributed by atoms with E-state index < -0.39 is 10.0 Å². The molecule has 1 aromatic carbocycles. The minimum absolute atomic E-state index is 0.147. The number of hydrogen-bond donors (Lipinski definition) is 1. The van der Waals surface area contributed by atoms with E-state index in [1.165, 1.54) is 5.56 Å². The van der Waals surface area contributed by atoms with Gasteiger partial charge in [0.1, 0.15) is 0 Å². The van der Waals surface area contributed by atoms with Crippen LogP contribution >= 0.6 is 11.6 Å². The van der Waals surface area contributed by atoms with Crippen LogP contribution in [-0.4, -0.2) is 20.1 Å². The highest BCUT2D eigenvalue weighted by molar-refractivity contribution is 7.89. The number of halogens is 1. The third-order valence-electron chi connectivity index (χ3n) is 2.78. The molecule has 0 spiro atoms. The molecular weight excluding hydrogens is 270 g/mol. The highest BCUT2D eigenvalue weighted by atomic mass is 35.5. The summed E-state index contributed by atoms with van der Waals surface area (Å²) in [5.41, 5.74) is 2.22. The first-order valence-electron chi connectivity index (χ1n) is 6.19. The van der Waals surface area contributed by atoms with Gasteiger partial charge >= 0.3 is 0 Å². The molecule has 0 aliphatic carbocycles. The van der Waals surface area contributed by atoms with E-state index in [0.29, 0.717) is 18.8 Å². The second-order valence-corrected chi connectivity index (χ2v) is 6.46. The van der Waals surface area contributed by atoms with Crippen molar-refractivity contribution in [2.75, 3.05) is 11.6 Å². The Morgan fingerprint density at radius 2 is 1.83 bits per heavy atom. The van der Waals surface area contributed by atoms with Gasteiger partial charge in [-0.3, -0.25) is 0 Å². The maximum Gasteiger partial charge on any atom is 0.211 e. The molecule has 3 nitrogen and oxygen atoms in total. The first-order valence-corrected chi connectivity index (χ1v) is 8.38. The van der Waals surface area contributed by atoms with Gasteiger partial charge in [-0.15, -0.1) is 11.6 Å². The van der Waals surface area contributed by atoms with Gasteiger partial charge in [0.15, 0.2) is 0 Å². The number of unbranched alkanes of at least 4 members (excludes halogenated alkanes) is 1. The van der Waals surface area contributed by atoms with Crippen LogP contribution in [-0.2, 0) is 23.0 Å². The molecule has 0 fully saturated rings. The number of alkyl halides is 1. The van der Waals surface area contributed by atoms with E-state index in [9.17, 15) is 8.42 Å². The van der Waals surface area contributed by atoms with Crippen LogP contribution in [0.3, 0.4) is 0 Å². The van der Waals surface area contributed by atoms with Crippen LogP contribution in [0.2, 0.25) is 0 Å². The van der Waals surface area contributed by atoms with Crippen molar-refractivity contribution < 1.29 is 8.42 Å². The molecular formula is C13H20ClNO2S. The lowest BCUT2D eigenvalue weighted by Gasteiger charge is -2.09. The van der Waals surface area contributed by atoms with E-state index >= 15 is 0 Å². The van der Waals surface area contributed by atoms with Crippen molar-refractivity contribution >= 4 is 21.6 Å². The molecule has 0 heterocycles. The molecule has 0 aliphatic heterocycles. The van der Waals surface area contributed by atoms with Crippen molar-refractivity contribution in [3.63, 3.8) is 0 Å². The Kier molecular flexibility index (Phi) is 6.68. The molecule has 0 saturated heterocycles. The van der Waals surface area contributed by atoms with Gasteiger partial charge in [-0.2, -0.15) is 0 Å². The van der Waals surface area contributed by atoms with E-state index in [1.54, 1.807) is 0 Å². The van der Waals surface area contributed by atoms with E-state index in [-0.39, 0.29) is 5.75 Å². The van der Waals surface area contributed by atoms with Gasteiger partial charge in [0.25, 0.3) is 0 Å². The Balaban J connectivity index is 2.53. The minimum Gasteiger partial charge on any atom is -0.212 e. The summed E-state index contributed by atoms with van der Waals surface area (Å²) in [6, 6.07) is 7.88. The topological polar surface area (TPSA) is 46.2 Å². The second-order valence-electron chi connectivity index (χ2n) is 4.16. The van der Waals surface area contributed by atoms with E-state index in [1.807, 2.05) is 24.3 Å². The monoisotopic (exact) mass is 289 g/mol. The van der Waals surface area contributed by atoms with E-state index in [4.69, 9.17) is 11.6 Å². The molecule has 0 aromatic heterocycles. The Morgan fingerprint density at radius 1 is 1.17 bits per heavy atom. The first-order chi connectivity index (χ1) is 8.59. The van der Waals surface area contributed by atoms with Gasteiger partial charge in [-0.05, 0) is 30.4 Å². The molecule has 0 aliphatic rings. The predicted molar refractivity (Wildman–Crippen MR) is 76.4 cm³/mol. The molecule has 0 amide bonds. The zero-order valence-corrected chi connectivity index (χ0v) is 12.2. The molecule has 102 valence electrons. The van der Waals surface area contributed by atoms with Gasteiger partial charge in [-0.1, -0.05) is 31.2 Å². The van der Waals surface area contributed by atoms with Gasteiger partial charge in [-0.25, -0.2) is 13.1 Å². The largest absolute Gasteiger partial charge is 0.212 e. The average molecular weight is 290 g/mol. The fraction of sp³-hybridized carbons (Fsp3) is 0.538. The van der Waals surface area contributed by atoms with Gasteiger partial charge in [0.05, 0.1) is 5.75 Å². The Bertz CT molecular complexity index is 460. The maximum absolute atomic E-state index is 11.7. The quantitative estimate of drug-likeness (QED) is 0.591. The first kappa shape index (κ1) is 15.5. The van der Waals surface area contributed by atoms with Crippen LogP contribution < -0.4 is 4.72 Å². The zero-order valence-electron chi connectivity index (χ0n) is 10.7. The van der Waals surface area contributed by atoms with Crippen molar-refractivity contribution in [3.8, 4) is 0 Å². The fourth-order valence-corrected chi connectivity index (χ4v) is 3.01. The molecule has 0 bridgehead atoms. The molecule has 0 atom stereocenters. The summed E-state index contributed by atoms with van der Waals surface area (Å²) in [7, 11) is -3.19.